The Kier molecular flexibility index (Phi) is 5.91. The van der Waals surface area contributed by atoms with Gasteiger partial charge in [0.05, 0.1) is 6.42 Å². The van der Waals surface area contributed by atoms with E-state index in [0.29, 0.717) is 25.2 Å². The molecular weight excluding hydrogens is 294 g/mol. The van der Waals surface area contributed by atoms with E-state index in [1.807, 2.05) is 6.07 Å². The van der Waals surface area contributed by atoms with Crippen LogP contribution < -0.4 is 16.0 Å². The summed E-state index contributed by atoms with van der Waals surface area (Å²) in [6.45, 7) is 4.57. The van der Waals surface area contributed by atoms with Crippen LogP contribution in [0.25, 0.3) is 0 Å². The average molecular weight is 315 g/mol. The zero-order valence-corrected chi connectivity index (χ0v) is 12.9. The second kappa shape index (κ2) is 8.12. The van der Waals surface area contributed by atoms with Gasteiger partial charge in [-0.25, -0.2) is 0 Å². The van der Waals surface area contributed by atoms with E-state index in [1.54, 1.807) is 18.2 Å². The van der Waals surface area contributed by atoms with Crippen LogP contribution in [0.2, 0.25) is 0 Å². The SMILES string of the molecule is C=CC(=O)Nc1cccc(CC(=O)NCC2CCC(=O)NC2)c1. The van der Waals surface area contributed by atoms with Crippen molar-refractivity contribution in [3.05, 3.63) is 42.5 Å². The Balaban J connectivity index is 1.80. The predicted molar refractivity (Wildman–Crippen MR) is 87.7 cm³/mol. The summed E-state index contributed by atoms with van der Waals surface area (Å²) in [5.74, 6) is 0.000807. The molecule has 0 saturated carbocycles. The first-order valence-corrected chi connectivity index (χ1v) is 7.62. The molecule has 3 N–H and O–H groups in total. The molecule has 1 aliphatic rings. The van der Waals surface area contributed by atoms with E-state index < -0.39 is 0 Å². The van der Waals surface area contributed by atoms with Gasteiger partial charge in [-0.15, -0.1) is 0 Å². The first-order chi connectivity index (χ1) is 11.1. The minimum atomic E-state index is -0.286. The minimum absolute atomic E-state index is 0.0749. The molecule has 0 aliphatic carbocycles. The van der Waals surface area contributed by atoms with Crippen molar-refractivity contribution in [1.29, 1.82) is 0 Å². The van der Waals surface area contributed by atoms with Crippen molar-refractivity contribution in [2.75, 3.05) is 18.4 Å². The van der Waals surface area contributed by atoms with Gasteiger partial charge in [0.15, 0.2) is 0 Å². The van der Waals surface area contributed by atoms with Crippen molar-refractivity contribution < 1.29 is 14.4 Å². The van der Waals surface area contributed by atoms with E-state index >= 15 is 0 Å². The Hall–Kier alpha value is -2.63. The lowest BCUT2D eigenvalue weighted by Gasteiger charge is -2.22. The third-order valence-electron chi connectivity index (χ3n) is 3.70. The largest absolute Gasteiger partial charge is 0.356 e. The van der Waals surface area contributed by atoms with Crippen LogP contribution in [0.5, 0.6) is 0 Å². The summed E-state index contributed by atoms with van der Waals surface area (Å²) in [5.41, 5.74) is 1.46. The molecule has 1 unspecified atom stereocenters. The molecular formula is C17H21N3O3. The molecule has 3 amide bonds. The first-order valence-electron chi connectivity index (χ1n) is 7.62. The second-order valence-corrected chi connectivity index (χ2v) is 5.58. The van der Waals surface area contributed by atoms with Gasteiger partial charge in [-0.05, 0) is 36.1 Å². The van der Waals surface area contributed by atoms with Crippen molar-refractivity contribution in [2.45, 2.75) is 19.3 Å². The number of hydrogen-bond donors (Lipinski definition) is 3. The molecule has 1 aromatic carbocycles. The molecule has 23 heavy (non-hydrogen) atoms. The second-order valence-electron chi connectivity index (χ2n) is 5.58. The Labute approximate surface area is 135 Å². The summed E-state index contributed by atoms with van der Waals surface area (Å²) in [5, 5.41) is 8.36. The van der Waals surface area contributed by atoms with E-state index in [4.69, 9.17) is 0 Å². The van der Waals surface area contributed by atoms with Gasteiger partial charge >= 0.3 is 0 Å². The number of anilines is 1. The third-order valence-corrected chi connectivity index (χ3v) is 3.70. The minimum Gasteiger partial charge on any atom is -0.356 e. The van der Waals surface area contributed by atoms with E-state index in [1.165, 1.54) is 6.08 Å². The van der Waals surface area contributed by atoms with Crippen molar-refractivity contribution in [3.63, 3.8) is 0 Å². The van der Waals surface area contributed by atoms with E-state index in [2.05, 4.69) is 22.5 Å². The van der Waals surface area contributed by atoms with Crippen LogP contribution in [0.3, 0.4) is 0 Å². The fraction of sp³-hybridized carbons (Fsp3) is 0.353. The molecule has 122 valence electrons. The molecule has 0 aromatic heterocycles. The van der Waals surface area contributed by atoms with Crippen LogP contribution >= 0.6 is 0 Å². The Morgan fingerprint density at radius 2 is 2.22 bits per heavy atom. The van der Waals surface area contributed by atoms with Crippen LogP contribution in [0.1, 0.15) is 18.4 Å². The summed E-state index contributed by atoms with van der Waals surface area (Å²) >= 11 is 0. The maximum absolute atomic E-state index is 12.0. The highest BCUT2D eigenvalue weighted by atomic mass is 16.2. The van der Waals surface area contributed by atoms with E-state index in [-0.39, 0.29) is 30.1 Å². The van der Waals surface area contributed by atoms with Gasteiger partial charge in [0.1, 0.15) is 0 Å². The molecule has 1 aliphatic heterocycles. The molecule has 1 aromatic rings. The highest BCUT2D eigenvalue weighted by molar-refractivity contribution is 5.98. The van der Waals surface area contributed by atoms with Gasteiger partial charge in [-0.2, -0.15) is 0 Å². The van der Waals surface area contributed by atoms with Crippen LogP contribution in [0.15, 0.2) is 36.9 Å². The highest BCUT2D eigenvalue weighted by Crippen LogP contribution is 2.12. The van der Waals surface area contributed by atoms with Gasteiger partial charge in [0.25, 0.3) is 0 Å². The number of nitrogens with one attached hydrogen (secondary N) is 3. The van der Waals surface area contributed by atoms with E-state index in [9.17, 15) is 14.4 Å². The number of piperidine rings is 1. The van der Waals surface area contributed by atoms with Crippen LogP contribution in [0.4, 0.5) is 5.69 Å². The number of carbonyl (C=O) groups is 3. The fourth-order valence-corrected chi connectivity index (χ4v) is 2.42. The number of benzene rings is 1. The van der Waals surface area contributed by atoms with Crippen molar-refractivity contribution in [2.24, 2.45) is 5.92 Å². The lowest BCUT2D eigenvalue weighted by molar-refractivity contribution is -0.123. The molecule has 1 saturated heterocycles. The third kappa shape index (κ3) is 5.58. The molecule has 1 fully saturated rings. The van der Waals surface area contributed by atoms with Gasteiger partial charge in [0, 0.05) is 25.2 Å². The van der Waals surface area contributed by atoms with E-state index in [0.717, 1.165) is 12.0 Å². The molecule has 6 heteroatoms. The smallest absolute Gasteiger partial charge is 0.247 e. The summed E-state index contributed by atoms with van der Waals surface area (Å²) < 4.78 is 0. The normalized spacial score (nSPS) is 17.0. The topological polar surface area (TPSA) is 87.3 Å². The fourth-order valence-electron chi connectivity index (χ4n) is 2.42. The molecule has 1 heterocycles. The standard InChI is InChI=1S/C17H21N3O3/c1-2-15(21)20-14-5-3-4-12(8-14)9-17(23)19-11-13-6-7-16(22)18-10-13/h2-5,8,13H,1,6-7,9-11H2,(H,18,22)(H,19,23)(H,20,21). The maximum atomic E-state index is 12.0. The monoisotopic (exact) mass is 315 g/mol. The summed E-state index contributed by atoms with van der Waals surface area (Å²) in [4.78, 5) is 34.4. The number of hydrogen-bond acceptors (Lipinski definition) is 3. The van der Waals surface area contributed by atoms with Crippen LogP contribution in [0, 0.1) is 5.92 Å². The quantitative estimate of drug-likeness (QED) is 0.684. The lowest BCUT2D eigenvalue weighted by Crippen LogP contribution is -2.41. The molecule has 2 rings (SSSR count). The van der Waals surface area contributed by atoms with Gasteiger partial charge in [0.2, 0.25) is 17.7 Å². The van der Waals surface area contributed by atoms with Crippen molar-refractivity contribution in [1.82, 2.24) is 10.6 Å². The number of amides is 3. The van der Waals surface area contributed by atoms with Crippen molar-refractivity contribution >= 4 is 23.4 Å². The van der Waals surface area contributed by atoms with Crippen LogP contribution in [-0.4, -0.2) is 30.8 Å². The lowest BCUT2D eigenvalue weighted by atomic mass is 9.99. The first kappa shape index (κ1) is 16.7. The molecule has 0 radical (unpaired) electrons. The highest BCUT2D eigenvalue weighted by Gasteiger charge is 2.18. The molecule has 0 spiro atoms. The Morgan fingerprint density at radius 3 is 2.91 bits per heavy atom. The summed E-state index contributed by atoms with van der Waals surface area (Å²) in [7, 11) is 0. The van der Waals surface area contributed by atoms with Crippen molar-refractivity contribution in [3.8, 4) is 0 Å². The van der Waals surface area contributed by atoms with Crippen LogP contribution in [-0.2, 0) is 20.8 Å². The molecule has 6 nitrogen and oxygen atoms in total. The maximum Gasteiger partial charge on any atom is 0.247 e. The Bertz CT molecular complexity index is 603. The number of rotatable bonds is 6. The molecule has 0 bridgehead atoms. The average Bonchev–Trinajstić information content (AvgIpc) is 2.54. The molecule has 1 atom stereocenters. The zero-order valence-electron chi connectivity index (χ0n) is 12.9. The summed E-state index contributed by atoms with van der Waals surface area (Å²) in [6, 6.07) is 7.15. The number of carbonyl (C=O) groups excluding carboxylic acids is 3. The van der Waals surface area contributed by atoms with Gasteiger partial charge < -0.3 is 16.0 Å². The van der Waals surface area contributed by atoms with Gasteiger partial charge in [-0.1, -0.05) is 18.7 Å². The predicted octanol–water partition coefficient (Wildman–Crippen LogP) is 0.996. The van der Waals surface area contributed by atoms with Gasteiger partial charge in [-0.3, -0.25) is 14.4 Å². The Morgan fingerprint density at radius 1 is 1.39 bits per heavy atom. The summed E-state index contributed by atoms with van der Waals surface area (Å²) in [6.07, 6.45) is 2.76. The zero-order chi connectivity index (χ0) is 16.7.